The van der Waals surface area contributed by atoms with Crippen LogP contribution >= 0.6 is 80.9 Å². The predicted molar refractivity (Wildman–Crippen MR) is 139 cm³/mol. The lowest BCUT2D eigenvalue weighted by molar-refractivity contribution is -0.146. The molecule has 186 valence electrons. The van der Waals surface area contributed by atoms with Crippen LogP contribution in [0.1, 0.15) is 15.2 Å². The van der Waals surface area contributed by atoms with Gasteiger partial charge in [-0.25, -0.2) is 4.79 Å². The van der Waals surface area contributed by atoms with E-state index >= 15 is 0 Å². The lowest BCUT2D eigenvalue weighted by Crippen LogP contribution is -2.47. The highest BCUT2D eigenvalue weighted by Crippen LogP contribution is 2.76. The highest BCUT2D eigenvalue weighted by Gasteiger charge is 2.85. The van der Waals surface area contributed by atoms with Gasteiger partial charge in [0.25, 0.3) is 0 Å². The third-order valence-corrected chi connectivity index (χ3v) is 11.5. The number of carboxylic acids is 1. The summed E-state index contributed by atoms with van der Waals surface area (Å²) in [5, 5.41) is 12.1. The average Bonchev–Trinajstić information content (AvgIpc) is 3.24. The molecule has 0 radical (unpaired) electrons. The number of ether oxygens (including phenoxy) is 1. The largest absolute Gasteiger partial charge is 0.481 e. The molecule has 2 bridgehead atoms. The molecule has 2 aliphatic rings. The number of fused-ring (bicyclic) bond motifs is 2. The number of anilines is 1. The number of aryl methyl sites for hydroxylation is 1. The molecule has 4 atom stereocenters. The fraction of sp³-hybridized carbons (Fsp3) is 0.318. The van der Waals surface area contributed by atoms with E-state index in [-0.39, 0.29) is 20.6 Å². The number of hydrogen-bond acceptors (Lipinski definition) is 5. The lowest BCUT2D eigenvalue weighted by atomic mass is 9.81. The molecule has 1 heterocycles. The number of methoxy groups -OCH3 is 1. The molecule has 4 rings (SSSR count). The van der Waals surface area contributed by atoms with E-state index in [2.05, 4.69) is 5.32 Å². The molecule has 1 aromatic heterocycles. The Morgan fingerprint density at radius 3 is 2.06 bits per heavy atom. The number of halogens is 6. The number of aliphatic carboxylic acids is 1. The number of carbonyl (C=O) groups excluding carboxylic acids is 2. The van der Waals surface area contributed by atoms with Crippen molar-refractivity contribution in [1.82, 2.24) is 0 Å². The minimum Gasteiger partial charge on any atom is -0.481 e. The number of carbonyl (C=O) groups is 3. The monoisotopic (exact) mass is 615 g/mol. The molecule has 6 nitrogen and oxygen atoms in total. The first-order chi connectivity index (χ1) is 16.3. The zero-order valence-electron chi connectivity index (χ0n) is 17.8. The van der Waals surface area contributed by atoms with Crippen molar-refractivity contribution in [2.75, 3.05) is 12.4 Å². The molecular formula is C22H15Cl6NO5S. The van der Waals surface area contributed by atoms with E-state index < -0.39 is 43.8 Å². The Balaban J connectivity index is 1.84. The van der Waals surface area contributed by atoms with Crippen molar-refractivity contribution in [3.63, 3.8) is 0 Å². The highest BCUT2D eigenvalue weighted by atomic mass is 35.5. The average molecular weight is 618 g/mol. The molecule has 35 heavy (non-hydrogen) atoms. The van der Waals surface area contributed by atoms with E-state index in [1.165, 1.54) is 7.11 Å². The van der Waals surface area contributed by atoms with Crippen molar-refractivity contribution in [3.05, 3.63) is 50.8 Å². The first-order valence-electron chi connectivity index (χ1n) is 9.89. The quantitative estimate of drug-likeness (QED) is 0.291. The number of alkyl halides is 4. The molecule has 2 aliphatic carbocycles. The zero-order chi connectivity index (χ0) is 26.1. The summed E-state index contributed by atoms with van der Waals surface area (Å²) in [6.45, 7) is 1.77. The predicted octanol–water partition coefficient (Wildman–Crippen LogP) is 6.61. The summed E-state index contributed by atoms with van der Waals surface area (Å²) in [6, 6.07) is 9.02. The van der Waals surface area contributed by atoms with Gasteiger partial charge in [0.05, 0.1) is 29.0 Å². The van der Waals surface area contributed by atoms with E-state index in [1.807, 2.05) is 6.07 Å². The number of hydrogen-bond donors (Lipinski definition) is 2. The number of rotatable bonds is 5. The maximum absolute atomic E-state index is 13.6. The van der Waals surface area contributed by atoms with Crippen molar-refractivity contribution in [1.29, 1.82) is 0 Å². The van der Waals surface area contributed by atoms with Crippen LogP contribution in [0.25, 0.3) is 11.1 Å². The van der Waals surface area contributed by atoms with Gasteiger partial charge >= 0.3 is 11.9 Å². The number of esters is 1. The van der Waals surface area contributed by atoms with Crippen LogP contribution in [-0.2, 0) is 14.3 Å². The summed E-state index contributed by atoms with van der Waals surface area (Å²) < 4.78 is 2.71. The molecule has 0 aliphatic heterocycles. The van der Waals surface area contributed by atoms with Crippen LogP contribution in [0.3, 0.4) is 0 Å². The van der Waals surface area contributed by atoms with Crippen LogP contribution in [0.5, 0.6) is 0 Å². The lowest BCUT2D eigenvalue weighted by Gasteiger charge is -2.33. The first kappa shape index (κ1) is 26.9. The van der Waals surface area contributed by atoms with Gasteiger partial charge in [0, 0.05) is 10.4 Å². The van der Waals surface area contributed by atoms with Crippen LogP contribution in [-0.4, -0.2) is 44.1 Å². The Hall–Kier alpha value is -1.19. The fourth-order valence-corrected chi connectivity index (χ4v) is 8.70. The molecular weight excluding hydrogens is 603 g/mol. The maximum atomic E-state index is 13.6. The molecule has 0 saturated heterocycles. The van der Waals surface area contributed by atoms with Crippen LogP contribution in [0, 0.1) is 18.8 Å². The number of allylic oxidation sites excluding steroid dienone is 2. The second-order valence-electron chi connectivity index (χ2n) is 8.00. The molecule has 1 fully saturated rings. The Morgan fingerprint density at radius 2 is 1.54 bits per heavy atom. The molecule has 0 spiro atoms. The van der Waals surface area contributed by atoms with Gasteiger partial charge in [-0.15, -0.1) is 34.5 Å². The molecule has 0 unspecified atom stereocenters. The Bertz CT molecular complexity index is 1290. The smallest absolute Gasteiger partial charge is 0.341 e. The van der Waals surface area contributed by atoms with Crippen LogP contribution < -0.4 is 5.32 Å². The SMILES string of the molecule is COC(=O)c1c(NC(=O)[C@@H]2[C@H](C(=O)O)[C@]3(Cl)C(Cl)=C(Cl)[C@]2(Cl)C3(Cl)Cl)sc(C)c1-c1ccccc1. The van der Waals surface area contributed by atoms with Gasteiger partial charge in [0.2, 0.25) is 5.91 Å². The van der Waals surface area contributed by atoms with Crippen molar-refractivity contribution in [3.8, 4) is 11.1 Å². The van der Waals surface area contributed by atoms with E-state index in [0.29, 0.717) is 10.4 Å². The van der Waals surface area contributed by atoms with Crippen LogP contribution in [0.2, 0.25) is 0 Å². The van der Waals surface area contributed by atoms with Gasteiger partial charge in [-0.3, -0.25) is 9.59 Å². The Labute approximate surface area is 234 Å². The minimum absolute atomic E-state index is 0.0940. The Morgan fingerprint density at radius 1 is 1.00 bits per heavy atom. The summed E-state index contributed by atoms with van der Waals surface area (Å²) in [4.78, 5) is 35.0. The summed E-state index contributed by atoms with van der Waals surface area (Å²) in [5.41, 5.74) is 1.37. The Kier molecular flexibility index (Phi) is 6.89. The van der Waals surface area contributed by atoms with Gasteiger partial charge in [-0.1, -0.05) is 76.7 Å². The zero-order valence-corrected chi connectivity index (χ0v) is 23.1. The summed E-state index contributed by atoms with van der Waals surface area (Å²) in [7, 11) is 1.21. The second-order valence-corrected chi connectivity index (χ2v) is 12.5. The minimum atomic E-state index is -2.24. The number of thiophene rings is 1. The summed E-state index contributed by atoms with van der Waals surface area (Å²) in [5.74, 6) is -6.49. The van der Waals surface area contributed by atoms with Gasteiger partial charge in [-0.2, -0.15) is 0 Å². The van der Waals surface area contributed by atoms with Gasteiger partial charge in [0.1, 0.15) is 20.3 Å². The summed E-state index contributed by atoms with van der Waals surface area (Å²) in [6.07, 6.45) is 0. The fourth-order valence-electron chi connectivity index (χ4n) is 4.70. The standard InChI is InChI=1S/C22H15Cl6NO5S/c1-8-10(9-6-4-3-5-7-9)11(19(33)34-2)17(35-8)29-16(30)12-13(18(31)32)21(26)15(24)14(23)20(12,25)22(21,27)28/h3-7,12-13H,1-2H3,(H,29,30)(H,31,32)/t12-,13+,20-,21-/m0/s1. The van der Waals surface area contributed by atoms with E-state index in [4.69, 9.17) is 74.3 Å². The third kappa shape index (κ3) is 3.46. The second kappa shape index (κ2) is 8.98. The highest BCUT2D eigenvalue weighted by molar-refractivity contribution is 7.17. The van der Waals surface area contributed by atoms with Crippen molar-refractivity contribution in [2.45, 2.75) is 21.0 Å². The number of carboxylic acid groups (broad SMARTS) is 1. The number of nitrogens with one attached hydrogen (secondary N) is 1. The van der Waals surface area contributed by atoms with Crippen LogP contribution in [0.15, 0.2) is 40.4 Å². The first-order valence-corrected chi connectivity index (χ1v) is 13.0. The van der Waals surface area contributed by atoms with Gasteiger partial charge in [-0.05, 0) is 12.5 Å². The van der Waals surface area contributed by atoms with Crippen molar-refractivity contribution in [2.24, 2.45) is 11.8 Å². The van der Waals surface area contributed by atoms with E-state index in [1.54, 1.807) is 31.2 Å². The van der Waals surface area contributed by atoms with E-state index in [0.717, 1.165) is 16.9 Å². The van der Waals surface area contributed by atoms with Crippen LogP contribution in [0.4, 0.5) is 5.00 Å². The summed E-state index contributed by atoms with van der Waals surface area (Å²) >= 11 is 39.9. The molecule has 13 heteroatoms. The normalized spacial score (nSPS) is 28.8. The van der Waals surface area contributed by atoms with E-state index in [9.17, 15) is 19.5 Å². The molecule has 2 N–H and O–H groups in total. The molecule has 1 aromatic carbocycles. The van der Waals surface area contributed by atoms with Crippen molar-refractivity contribution >= 4 is 104 Å². The van der Waals surface area contributed by atoms with Gasteiger partial charge in [0.15, 0.2) is 4.33 Å². The topological polar surface area (TPSA) is 92.7 Å². The molecule has 1 saturated carbocycles. The van der Waals surface area contributed by atoms with Crippen molar-refractivity contribution < 1.29 is 24.2 Å². The third-order valence-electron chi connectivity index (χ3n) is 6.26. The molecule has 1 amide bonds. The number of amides is 1. The maximum Gasteiger partial charge on any atom is 0.341 e. The molecule has 2 aromatic rings. The van der Waals surface area contributed by atoms with Gasteiger partial charge < -0.3 is 15.2 Å². The number of benzene rings is 1.